The van der Waals surface area contributed by atoms with Crippen molar-refractivity contribution < 1.29 is 9.53 Å². The van der Waals surface area contributed by atoms with Gasteiger partial charge in [0.2, 0.25) is 0 Å². The fourth-order valence-corrected chi connectivity index (χ4v) is 1.85. The fourth-order valence-electron chi connectivity index (χ4n) is 1.68. The van der Waals surface area contributed by atoms with Crippen LogP contribution in [0.2, 0.25) is 5.02 Å². The van der Waals surface area contributed by atoms with Crippen LogP contribution in [-0.4, -0.2) is 12.1 Å². The Kier molecular flexibility index (Phi) is 2.57. The highest BCUT2D eigenvalue weighted by Crippen LogP contribution is 2.31. The number of fused-ring (bicyclic) bond motifs is 1. The maximum atomic E-state index is 11.6. The molecule has 0 saturated heterocycles. The van der Waals surface area contributed by atoms with Gasteiger partial charge in [-0.05, 0) is 26.0 Å². The highest BCUT2D eigenvalue weighted by molar-refractivity contribution is 6.31. The summed E-state index contributed by atoms with van der Waals surface area (Å²) in [5.41, 5.74) is 1.85. The molecule has 0 fully saturated rings. The first-order chi connectivity index (χ1) is 7.09. The van der Waals surface area contributed by atoms with Crippen LogP contribution in [0.3, 0.4) is 0 Å². The molecule has 0 atom stereocenters. The Morgan fingerprint density at radius 2 is 2.20 bits per heavy atom. The van der Waals surface area contributed by atoms with Gasteiger partial charge in [-0.3, -0.25) is 4.90 Å². The highest BCUT2D eigenvalue weighted by Gasteiger charge is 2.27. The smallest absolute Gasteiger partial charge is 0.414 e. The molecule has 80 valence electrons. The van der Waals surface area contributed by atoms with E-state index in [2.05, 4.69) is 0 Å². The van der Waals surface area contributed by atoms with Crippen molar-refractivity contribution in [3.63, 3.8) is 0 Å². The topological polar surface area (TPSA) is 29.5 Å². The van der Waals surface area contributed by atoms with Gasteiger partial charge in [0.05, 0.1) is 5.69 Å². The summed E-state index contributed by atoms with van der Waals surface area (Å²) in [6, 6.07) is 5.56. The summed E-state index contributed by atoms with van der Waals surface area (Å²) in [5, 5.41) is 0.633. The Hall–Kier alpha value is -1.22. The van der Waals surface area contributed by atoms with Crippen molar-refractivity contribution in [3.8, 4) is 0 Å². The summed E-state index contributed by atoms with van der Waals surface area (Å²) < 4.78 is 5.06. The summed E-state index contributed by atoms with van der Waals surface area (Å²) in [4.78, 5) is 13.2. The zero-order valence-electron chi connectivity index (χ0n) is 8.66. The molecular formula is C11H12ClNO2. The van der Waals surface area contributed by atoms with Crippen LogP contribution in [0.1, 0.15) is 19.4 Å². The van der Waals surface area contributed by atoms with Crippen LogP contribution in [0.25, 0.3) is 0 Å². The van der Waals surface area contributed by atoms with E-state index < -0.39 is 0 Å². The van der Waals surface area contributed by atoms with E-state index in [1.807, 2.05) is 19.9 Å². The molecule has 0 aliphatic carbocycles. The predicted octanol–water partition coefficient (Wildman–Crippen LogP) is 3.21. The molecule has 1 aromatic carbocycles. The molecule has 4 heteroatoms. The molecule has 1 amide bonds. The number of amides is 1. The fraction of sp³-hybridized carbons (Fsp3) is 0.364. The number of cyclic esters (lactones) is 1. The highest BCUT2D eigenvalue weighted by atomic mass is 35.5. The molecular weight excluding hydrogens is 214 g/mol. The molecule has 1 heterocycles. The van der Waals surface area contributed by atoms with E-state index >= 15 is 0 Å². The number of anilines is 1. The van der Waals surface area contributed by atoms with Gasteiger partial charge in [-0.1, -0.05) is 17.7 Å². The molecule has 0 N–H and O–H groups in total. The Labute approximate surface area is 93.6 Å². The van der Waals surface area contributed by atoms with Crippen LogP contribution < -0.4 is 4.90 Å². The van der Waals surface area contributed by atoms with Gasteiger partial charge in [-0.25, -0.2) is 4.79 Å². The molecule has 0 bridgehead atoms. The van der Waals surface area contributed by atoms with Gasteiger partial charge in [-0.15, -0.1) is 0 Å². The normalized spacial score (nSPS) is 15.2. The molecule has 0 radical (unpaired) electrons. The minimum atomic E-state index is -0.306. The van der Waals surface area contributed by atoms with Crippen molar-refractivity contribution in [1.29, 1.82) is 0 Å². The molecule has 2 rings (SSSR count). The van der Waals surface area contributed by atoms with Crippen LogP contribution in [-0.2, 0) is 11.3 Å². The maximum absolute atomic E-state index is 11.6. The number of nitrogens with zero attached hydrogens (tertiary/aromatic N) is 1. The molecule has 1 aromatic rings. The van der Waals surface area contributed by atoms with Gasteiger partial charge < -0.3 is 4.74 Å². The van der Waals surface area contributed by atoms with Crippen molar-refractivity contribution in [1.82, 2.24) is 0 Å². The lowest BCUT2D eigenvalue weighted by Crippen LogP contribution is -2.40. The predicted molar refractivity (Wildman–Crippen MR) is 59.3 cm³/mol. The lowest BCUT2D eigenvalue weighted by molar-refractivity contribution is 0.140. The van der Waals surface area contributed by atoms with E-state index in [4.69, 9.17) is 16.3 Å². The second-order valence-electron chi connectivity index (χ2n) is 3.79. The van der Waals surface area contributed by atoms with Crippen molar-refractivity contribution in [2.75, 3.05) is 4.90 Å². The number of benzene rings is 1. The van der Waals surface area contributed by atoms with E-state index in [0.717, 1.165) is 11.3 Å². The monoisotopic (exact) mass is 225 g/mol. The van der Waals surface area contributed by atoms with Gasteiger partial charge >= 0.3 is 6.09 Å². The Morgan fingerprint density at radius 3 is 2.87 bits per heavy atom. The standard InChI is InChI=1S/C11H12ClNO2/c1-7(2)13-10-5-9(12)4-3-8(10)6-15-11(13)14/h3-5,7H,6H2,1-2H3. The van der Waals surface area contributed by atoms with Gasteiger partial charge in [0, 0.05) is 16.6 Å². The number of hydrogen-bond donors (Lipinski definition) is 0. The third kappa shape index (κ3) is 1.79. The first-order valence-electron chi connectivity index (χ1n) is 4.84. The number of rotatable bonds is 1. The largest absolute Gasteiger partial charge is 0.444 e. The van der Waals surface area contributed by atoms with Crippen LogP contribution in [0.4, 0.5) is 10.5 Å². The first kappa shape index (κ1) is 10.3. The Morgan fingerprint density at radius 1 is 1.47 bits per heavy atom. The number of halogens is 1. The van der Waals surface area contributed by atoms with Gasteiger partial charge in [0.1, 0.15) is 6.61 Å². The lowest BCUT2D eigenvalue weighted by Gasteiger charge is -2.31. The van der Waals surface area contributed by atoms with Crippen molar-refractivity contribution in [2.45, 2.75) is 26.5 Å². The quantitative estimate of drug-likeness (QED) is 0.735. The van der Waals surface area contributed by atoms with E-state index in [-0.39, 0.29) is 12.1 Å². The summed E-state index contributed by atoms with van der Waals surface area (Å²) >= 11 is 5.92. The van der Waals surface area contributed by atoms with Gasteiger partial charge in [-0.2, -0.15) is 0 Å². The van der Waals surface area contributed by atoms with E-state index in [0.29, 0.717) is 11.6 Å². The van der Waals surface area contributed by atoms with Crippen LogP contribution in [0.15, 0.2) is 18.2 Å². The number of hydrogen-bond acceptors (Lipinski definition) is 2. The Bertz CT molecular complexity index is 404. The number of ether oxygens (including phenoxy) is 1. The minimum absolute atomic E-state index is 0.0648. The summed E-state index contributed by atoms with van der Waals surface area (Å²) in [6.45, 7) is 4.21. The number of carbonyl (C=O) groups excluding carboxylic acids is 1. The molecule has 0 unspecified atom stereocenters. The van der Waals surface area contributed by atoms with Gasteiger partial charge in [0.15, 0.2) is 0 Å². The third-order valence-corrected chi connectivity index (χ3v) is 2.61. The second-order valence-corrected chi connectivity index (χ2v) is 4.23. The first-order valence-corrected chi connectivity index (χ1v) is 5.22. The molecule has 0 saturated carbocycles. The van der Waals surface area contributed by atoms with Crippen LogP contribution >= 0.6 is 11.6 Å². The average Bonchev–Trinajstić information content (AvgIpc) is 2.16. The average molecular weight is 226 g/mol. The summed E-state index contributed by atoms with van der Waals surface area (Å²) in [6.07, 6.45) is -0.306. The minimum Gasteiger partial charge on any atom is -0.444 e. The van der Waals surface area contributed by atoms with Crippen molar-refractivity contribution >= 4 is 23.4 Å². The Balaban J connectivity index is 2.50. The molecule has 0 spiro atoms. The lowest BCUT2D eigenvalue weighted by atomic mass is 10.1. The van der Waals surface area contributed by atoms with E-state index in [1.165, 1.54) is 0 Å². The van der Waals surface area contributed by atoms with Crippen molar-refractivity contribution in [2.24, 2.45) is 0 Å². The number of carbonyl (C=O) groups is 1. The van der Waals surface area contributed by atoms with E-state index in [9.17, 15) is 4.79 Å². The zero-order valence-corrected chi connectivity index (χ0v) is 9.41. The van der Waals surface area contributed by atoms with E-state index in [1.54, 1.807) is 17.0 Å². The molecule has 1 aliphatic rings. The van der Waals surface area contributed by atoms with Gasteiger partial charge in [0.25, 0.3) is 0 Å². The second kappa shape index (κ2) is 3.74. The summed E-state index contributed by atoms with van der Waals surface area (Å²) in [5.74, 6) is 0. The van der Waals surface area contributed by atoms with Crippen LogP contribution in [0, 0.1) is 0 Å². The molecule has 1 aliphatic heterocycles. The van der Waals surface area contributed by atoms with Crippen molar-refractivity contribution in [3.05, 3.63) is 28.8 Å². The molecule has 3 nitrogen and oxygen atoms in total. The molecule has 15 heavy (non-hydrogen) atoms. The summed E-state index contributed by atoms with van der Waals surface area (Å²) in [7, 11) is 0. The SMILES string of the molecule is CC(C)N1C(=O)OCc2ccc(Cl)cc21. The maximum Gasteiger partial charge on any atom is 0.414 e. The zero-order chi connectivity index (χ0) is 11.0. The third-order valence-electron chi connectivity index (χ3n) is 2.37. The van der Waals surface area contributed by atoms with Crippen LogP contribution in [0.5, 0.6) is 0 Å². The molecule has 0 aromatic heterocycles.